The molecule has 4 rings (SSSR count). The molecule has 1 saturated carbocycles. The molecule has 2 fully saturated rings. The number of hydrogen-bond donors (Lipinski definition) is 0. The van der Waals surface area contributed by atoms with E-state index in [-0.39, 0.29) is 23.6 Å². The number of carbonyl (C=O) groups is 2. The number of carbonyl (C=O) groups excluding carboxylic acids is 2. The number of rotatable bonds is 4. The van der Waals surface area contributed by atoms with Crippen molar-refractivity contribution in [2.75, 3.05) is 40.4 Å². The van der Waals surface area contributed by atoms with Crippen LogP contribution < -0.4 is 10.4 Å². The Labute approximate surface area is 186 Å². The molecule has 1 aliphatic carbocycles. The summed E-state index contributed by atoms with van der Waals surface area (Å²) in [5, 5.41) is 0. The van der Waals surface area contributed by atoms with Gasteiger partial charge in [0.1, 0.15) is 0 Å². The molecular weight excluding hydrogens is 414 g/mol. The lowest BCUT2D eigenvalue weighted by atomic mass is 9.81. The number of pyridine rings is 1. The van der Waals surface area contributed by atoms with E-state index in [1.54, 1.807) is 34.3 Å². The molecule has 32 heavy (non-hydrogen) atoms. The number of fused-ring (bicyclic) bond motifs is 1. The fraction of sp³-hybridized carbons (Fsp3) is 0.636. The molecule has 1 aliphatic heterocycles. The summed E-state index contributed by atoms with van der Waals surface area (Å²) < 4.78 is 13.3. The van der Waals surface area contributed by atoms with Crippen molar-refractivity contribution >= 4 is 23.2 Å². The van der Waals surface area contributed by atoms with Crippen molar-refractivity contribution in [3.8, 4) is 5.88 Å². The van der Waals surface area contributed by atoms with E-state index in [2.05, 4.69) is 4.98 Å². The standard InChI is InChI=1S/C22H31N5O5/c1-24-17-8-9-18(31-2)23-19(17)27(21(24)29)14-15-4-6-16(7-5-15)20(28)25-10-12-26(13-11-25)22(30)32-3/h8-9,15-16H,4-7,10-14H2,1-3H3. The fourth-order valence-electron chi connectivity index (χ4n) is 4.88. The zero-order valence-corrected chi connectivity index (χ0v) is 19.0. The molecule has 2 aliphatic rings. The lowest BCUT2D eigenvalue weighted by molar-refractivity contribution is -0.138. The first kappa shape index (κ1) is 22.2. The fourth-order valence-corrected chi connectivity index (χ4v) is 4.88. The molecule has 0 spiro atoms. The van der Waals surface area contributed by atoms with Crippen LogP contribution in [0.4, 0.5) is 4.79 Å². The lowest BCUT2D eigenvalue weighted by Gasteiger charge is -2.37. The summed E-state index contributed by atoms with van der Waals surface area (Å²) in [4.78, 5) is 45.4. The monoisotopic (exact) mass is 445 g/mol. The van der Waals surface area contributed by atoms with Gasteiger partial charge in [-0.05, 0) is 37.7 Å². The van der Waals surface area contributed by atoms with Gasteiger partial charge in [-0.3, -0.25) is 13.9 Å². The summed E-state index contributed by atoms with van der Waals surface area (Å²) in [5.74, 6) is 1.00. The maximum atomic E-state index is 13.0. The predicted octanol–water partition coefficient (Wildman–Crippen LogP) is 1.46. The minimum Gasteiger partial charge on any atom is -0.481 e. The van der Waals surface area contributed by atoms with Crippen molar-refractivity contribution in [1.82, 2.24) is 23.9 Å². The number of ether oxygens (including phenoxy) is 2. The molecule has 0 atom stereocenters. The Balaban J connectivity index is 1.36. The van der Waals surface area contributed by atoms with Gasteiger partial charge in [-0.2, -0.15) is 4.98 Å². The van der Waals surface area contributed by atoms with Gasteiger partial charge in [0.2, 0.25) is 11.8 Å². The van der Waals surface area contributed by atoms with Crippen molar-refractivity contribution in [2.24, 2.45) is 18.9 Å². The summed E-state index contributed by atoms with van der Waals surface area (Å²) >= 11 is 0. The Kier molecular flexibility index (Phi) is 6.38. The van der Waals surface area contributed by atoms with Crippen LogP contribution in [0.3, 0.4) is 0 Å². The quantitative estimate of drug-likeness (QED) is 0.707. The molecule has 0 radical (unpaired) electrons. The van der Waals surface area contributed by atoms with Gasteiger partial charge < -0.3 is 19.3 Å². The number of methoxy groups -OCH3 is 2. The lowest BCUT2D eigenvalue weighted by Crippen LogP contribution is -2.52. The van der Waals surface area contributed by atoms with Gasteiger partial charge in [0, 0.05) is 51.8 Å². The molecule has 0 bridgehead atoms. The van der Waals surface area contributed by atoms with Crippen molar-refractivity contribution in [2.45, 2.75) is 32.2 Å². The third-order valence-corrected chi connectivity index (χ3v) is 6.83. The highest BCUT2D eigenvalue weighted by Gasteiger charge is 2.32. The van der Waals surface area contributed by atoms with Crippen molar-refractivity contribution in [3.05, 3.63) is 22.6 Å². The van der Waals surface area contributed by atoms with E-state index in [4.69, 9.17) is 9.47 Å². The smallest absolute Gasteiger partial charge is 0.409 e. The van der Waals surface area contributed by atoms with Crippen LogP contribution in [0.1, 0.15) is 25.7 Å². The van der Waals surface area contributed by atoms with E-state index < -0.39 is 0 Å². The predicted molar refractivity (Wildman–Crippen MR) is 118 cm³/mol. The minimum absolute atomic E-state index is 0.0124. The zero-order chi connectivity index (χ0) is 22.8. The van der Waals surface area contributed by atoms with Gasteiger partial charge in [0.25, 0.3) is 0 Å². The Bertz CT molecular complexity index is 1040. The summed E-state index contributed by atoms with van der Waals surface area (Å²) in [6.07, 6.45) is 3.08. The molecule has 10 heteroatoms. The topological polar surface area (TPSA) is 98.9 Å². The van der Waals surface area contributed by atoms with Crippen LogP contribution in [-0.4, -0.2) is 76.3 Å². The van der Waals surface area contributed by atoms with Crippen LogP contribution in [0.5, 0.6) is 5.88 Å². The van der Waals surface area contributed by atoms with Gasteiger partial charge in [-0.15, -0.1) is 0 Å². The van der Waals surface area contributed by atoms with Crippen LogP contribution in [0, 0.1) is 11.8 Å². The second kappa shape index (κ2) is 9.22. The maximum Gasteiger partial charge on any atom is 0.409 e. The van der Waals surface area contributed by atoms with Crippen molar-refractivity contribution in [3.63, 3.8) is 0 Å². The number of hydrogen-bond acceptors (Lipinski definition) is 6. The number of aromatic nitrogens is 3. The Morgan fingerprint density at radius 2 is 1.69 bits per heavy atom. The van der Waals surface area contributed by atoms with Crippen molar-refractivity contribution < 1.29 is 19.1 Å². The van der Waals surface area contributed by atoms with E-state index in [0.29, 0.717) is 50.2 Å². The minimum atomic E-state index is -0.339. The second-order valence-corrected chi connectivity index (χ2v) is 8.65. The van der Waals surface area contributed by atoms with E-state index in [1.165, 1.54) is 7.11 Å². The third-order valence-electron chi connectivity index (χ3n) is 6.83. The molecule has 10 nitrogen and oxygen atoms in total. The van der Waals surface area contributed by atoms with Crippen molar-refractivity contribution in [1.29, 1.82) is 0 Å². The zero-order valence-electron chi connectivity index (χ0n) is 19.0. The molecule has 174 valence electrons. The summed E-state index contributed by atoms with van der Waals surface area (Å²) in [6, 6.07) is 3.61. The number of amides is 2. The second-order valence-electron chi connectivity index (χ2n) is 8.65. The molecule has 1 saturated heterocycles. The van der Waals surface area contributed by atoms with E-state index in [1.807, 2.05) is 11.0 Å². The van der Waals surface area contributed by atoms with Crippen LogP contribution in [0.15, 0.2) is 16.9 Å². The summed E-state index contributed by atoms with van der Waals surface area (Å²) in [6.45, 7) is 2.71. The molecule has 2 amide bonds. The first-order chi connectivity index (χ1) is 15.4. The van der Waals surface area contributed by atoms with E-state index in [9.17, 15) is 14.4 Å². The highest BCUT2D eigenvalue weighted by molar-refractivity contribution is 5.79. The van der Waals surface area contributed by atoms with Crippen LogP contribution in [-0.2, 0) is 23.1 Å². The SMILES string of the molecule is COC(=O)N1CCN(C(=O)C2CCC(Cn3c(=O)n(C)c4ccc(OC)nc43)CC2)CC1. The molecule has 3 heterocycles. The molecule has 0 unspecified atom stereocenters. The van der Waals surface area contributed by atoms with E-state index >= 15 is 0 Å². The summed E-state index contributed by atoms with van der Waals surface area (Å²) in [7, 11) is 4.69. The van der Waals surface area contributed by atoms with Gasteiger partial charge in [-0.25, -0.2) is 9.59 Å². The normalized spacial score (nSPS) is 21.6. The Morgan fingerprint density at radius 1 is 1.03 bits per heavy atom. The highest BCUT2D eigenvalue weighted by Crippen LogP contribution is 2.32. The number of imidazole rings is 1. The molecule has 0 aromatic carbocycles. The maximum absolute atomic E-state index is 13.0. The average Bonchev–Trinajstić information content (AvgIpc) is 3.07. The Morgan fingerprint density at radius 3 is 2.31 bits per heavy atom. The number of nitrogens with zero attached hydrogens (tertiary/aromatic N) is 5. The van der Waals surface area contributed by atoms with Crippen LogP contribution >= 0.6 is 0 Å². The first-order valence-electron chi connectivity index (χ1n) is 11.1. The van der Waals surface area contributed by atoms with Crippen LogP contribution in [0.2, 0.25) is 0 Å². The highest BCUT2D eigenvalue weighted by atomic mass is 16.5. The number of aryl methyl sites for hydroxylation is 1. The van der Waals surface area contributed by atoms with Gasteiger partial charge in [-0.1, -0.05) is 0 Å². The molecule has 2 aromatic rings. The van der Waals surface area contributed by atoms with Gasteiger partial charge >= 0.3 is 11.8 Å². The average molecular weight is 446 g/mol. The first-order valence-corrected chi connectivity index (χ1v) is 11.1. The molecule has 0 N–H and O–H groups in total. The van der Waals surface area contributed by atoms with E-state index in [0.717, 1.165) is 31.2 Å². The largest absolute Gasteiger partial charge is 0.481 e. The van der Waals surface area contributed by atoms with Gasteiger partial charge in [0.15, 0.2) is 5.65 Å². The van der Waals surface area contributed by atoms with Crippen LogP contribution in [0.25, 0.3) is 11.2 Å². The third kappa shape index (κ3) is 4.18. The summed E-state index contributed by atoms with van der Waals surface area (Å²) in [5.41, 5.74) is 1.34. The number of piperazine rings is 1. The van der Waals surface area contributed by atoms with Gasteiger partial charge in [0.05, 0.1) is 19.7 Å². The molecule has 2 aromatic heterocycles. The Hall–Kier alpha value is -3.04. The molecular formula is C22H31N5O5.